The number of imidazole rings is 1. The lowest BCUT2D eigenvalue weighted by Crippen LogP contribution is -2.28. The molecule has 35 heavy (non-hydrogen) atoms. The Morgan fingerprint density at radius 3 is 2.37 bits per heavy atom. The van der Waals surface area contributed by atoms with Gasteiger partial charge in [0, 0.05) is 28.7 Å². The minimum atomic E-state index is -5.08. The number of nitrogens with one attached hydrogen (secondary N) is 1. The second kappa shape index (κ2) is 9.79. The molecule has 0 spiro atoms. The highest BCUT2D eigenvalue weighted by molar-refractivity contribution is 6.30. The van der Waals surface area contributed by atoms with E-state index >= 15 is 0 Å². The van der Waals surface area contributed by atoms with E-state index in [1.54, 1.807) is 0 Å². The zero-order valence-corrected chi connectivity index (χ0v) is 18.8. The van der Waals surface area contributed by atoms with Crippen LogP contribution in [0.3, 0.4) is 0 Å². The number of amides is 1. The number of carboxylic acids is 1. The maximum absolute atomic E-state index is 13.0. The molecule has 1 fully saturated rings. The summed E-state index contributed by atoms with van der Waals surface area (Å²) >= 11 is 6.15. The molecule has 2 atom stereocenters. The van der Waals surface area contributed by atoms with E-state index in [2.05, 4.69) is 22.4 Å². The second-order valence-electron chi connectivity index (χ2n) is 7.89. The van der Waals surface area contributed by atoms with Gasteiger partial charge < -0.3 is 10.4 Å². The van der Waals surface area contributed by atoms with Gasteiger partial charge in [-0.25, -0.2) is 9.78 Å². The Kier molecular flexibility index (Phi) is 6.79. The van der Waals surface area contributed by atoms with Crippen LogP contribution in [0.15, 0.2) is 79.0 Å². The van der Waals surface area contributed by atoms with E-state index in [1.807, 2.05) is 71.3 Å². The fourth-order valence-corrected chi connectivity index (χ4v) is 3.89. The van der Waals surface area contributed by atoms with Crippen molar-refractivity contribution in [3.05, 3.63) is 95.4 Å². The molecule has 2 heterocycles. The predicted molar refractivity (Wildman–Crippen MR) is 124 cm³/mol. The molecule has 0 aliphatic heterocycles. The number of nitrogens with zero attached hydrogens (tertiary/aromatic N) is 2. The average Bonchev–Trinajstić information content (AvgIpc) is 3.48. The normalized spacial score (nSPS) is 16.8. The van der Waals surface area contributed by atoms with Crippen LogP contribution in [0.4, 0.5) is 13.2 Å². The van der Waals surface area contributed by atoms with Crippen LogP contribution in [0.25, 0.3) is 16.8 Å². The number of aromatic nitrogens is 2. The molecule has 4 aromatic rings. The van der Waals surface area contributed by atoms with E-state index in [4.69, 9.17) is 21.5 Å². The first-order valence-electron chi connectivity index (χ1n) is 10.5. The molecule has 1 aliphatic rings. The molecule has 1 aliphatic carbocycles. The Morgan fingerprint density at radius 1 is 1.03 bits per heavy atom. The van der Waals surface area contributed by atoms with E-state index < -0.39 is 12.1 Å². The molecule has 0 saturated heterocycles. The smallest absolute Gasteiger partial charge is 0.475 e. The minimum absolute atomic E-state index is 0.153. The number of pyridine rings is 1. The highest BCUT2D eigenvalue weighted by atomic mass is 35.5. The third-order valence-electron chi connectivity index (χ3n) is 5.43. The van der Waals surface area contributed by atoms with Gasteiger partial charge in [-0.05, 0) is 36.2 Å². The first kappa shape index (κ1) is 24.3. The number of halogens is 4. The molecule has 0 bridgehead atoms. The second-order valence-corrected chi connectivity index (χ2v) is 8.32. The standard InChI is InChI=1S/C23H18ClN3O.C2HF3O2/c24-17-10-6-9-16(13-17)21-20-11-4-5-12-27(20)22(26-21)23(28)25-19-14-18(19)15-7-2-1-3-8-15;3-2(4,5)1(6)7/h1-13,18-19H,14H2,(H,25,28);(H,6,7)/t18-,19+;/m1./s1. The SMILES string of the molecule is O=C(N[C@H]1C[C@@H]1c1ccccc1)c1nc(-c2cccc(Cl)c2)c2ccccn12.O=C(O)C(F)(F)F. The maximum atomic E-state index is 13.0. The van der Waals surface area contributed by atoms with Gasteiger partial charge in [-0.1, -0.05) is 60.1 Å². The fraction of sp³-hybridized carbons (Fsp3) is 0.160. The van der Waals surface area contributed by atoms with Crippen molar-refractivity contribution in [2.75, 3.05) is 0 Å². The molecular weight excluding hydrogens is 483 g/mol. The van der Waals surface area contributed by atoms with Crippen molar-refractivity contribution in [2.24, 2.45) is 0 Å². The molecule has 180 valence electrons. The van der Waals surface area contributed by atoms with Crippen molar-refractivity contribution in [1.82, 2.24) is 14.7 Å². The Balaban J connectivity index is 0.000000364. The van der Waals surface area contributed by atoms with Gasteiger partial charge in [-0.2, -0.15) is 13.2 Å². The van der Waals surface area contributed by atoms with Crippen molar-refractivity contribution in [2.45, 2.75) is 24.6 Å². The summed E-state index contributed by atoms with van der Waals surface area (Å²) < 4.78 is 33.6. The lowest BCUT2D eigenvalue weighted by atomic mass is 10.1. The summed E-state index contributed by atoms with van der Waals surface area (Å²) in [6, 6.07) is 23.8. The first-order valence-corrected chi connectivity index (χ1v) is 10.9. The van der Waals surface area contributed by atoms with Crippen LogP contribution in [-0.2, 0) is 4.79 Å². The van der Waals surface area contributed by atoms with E-state index in [-0.39, 0.29) is 11.9 Å². The molecule has 0 radical (unpaired) electrons. The topological polar surface area (TPSA) is 83.7 Å². The van der Waals surface area contributed by atoms with E-state index in [9.17, 15) is 18.0 Å². The van der Waals surface area contributed by atoms with Gasteiger partial charge in [0.2, 0.25) is 5.82 Å². The predicted octanol–water partition coefficient (Wildman–Crippen LogP) is 5.57. The molecule has 6 nitrogen and oxygen atoms in total. The number of carbonyl (C=O) groups excluding carboxylic acids is 1. The van der Waals surface area contributed by atoms with Gasteiger partial charge >= 0.3 is 12.1 Å². The van der Waals surface area contributed by atoms with Gasteiger partial charge in [0.15, 0.2) is 0 Å². The van der Waals surface area contributed by atoms with Crippen LogP contribution in [0.2, 0.25) is 5.02 Å². The Labute approximate surface area is 203 Å². The molecule has 10 heteroatoms. The van der Waals surface area contributed by atoms with Crippen molar-refractivity contribution < 1.29 is 27.9 Å². The summed E-state index contributed by atoms with van der Waals surface area (Å²) in [6.07, 6.45) is -2.26. The molecule has 2 aromatic carbocycles. The highest BCUT2D eigenvalue weighted by Gasteiger charge is 2.40. The summed E-state index contributed by atoms with van der Waals surface area (Å²) in [6.45, 7) is 0. The monoisotopic (exact) mass is 501 g/mol. The van der Waals surface area contributed by atoms with Gasteiger partial charge in [-0.15, -0.1) is 0 Å². The largest absolute Gasteiger partial charge is 0.490 e. The van der Waals surface area contributed by atoms with Gasteiger partial charge in [0.05, 0.1) is 11.2 Å². The van der Waals surface area contributed by atoms with Crippen molar-refractivity contribution in [3.63, 3.8) is 0 Å². The number of carbonyl (C=O) groups is 2. The van der Waals surface area contributed by atoms with Crippen molar-refractivity contribution >= 4 is 29.0 Å². The number of aliphatic carboxylic acids is 1. The summed E-state index contributed by atoms with van der Waals surface area (Å²) in [7, 11) is 0. The molecule has 1 amide bonds. The van der Waals surface area contributed by atoms with Gasteiger partial charge in [0.25, 0.3) is 5.91 Å². The zero-order valence-electron chi connectivity index (χ0n) is 18.0. The van der Waals surface area contributed by atoms with E-state index in [0.29, 0.717) is 16.8 Å². The summed E-state index contributed by atoms with van der Waals surface area (Å²) in [5, 5.41) is 10.9. The molecule has 2 N–H and O–H groups in total. The average molecular weight is 502 g/mol. The minimum Gasteiger partial charge on any atom is -0.475 e. The van der Waals surface area contributed by atoms with Gasteiger partial charge in [-0.3, -0.25) is 9.20 Å². The number of hydrogen-bond donors (Lipinski definition) is 2. The number of rotatable bonds is 4. The Hall–Kier alpha value is -3.85. The molecular formula is C25H19ClF3N3O3. The van der Waals surface area contributed by atoms with Crippen LogP contribution in [0.1, 0.15) is 28.5 Å². The Morgan fingerprint density at radius 2 is 1.71 bits per heavy atom. The molecule has 5 rings (SSSR count). The zero-order chi connectivity index (χ0) is 25.2. The molecule has 2 aromatic heterocycles. The molecule has 1 saturated carbocycles. The lowest BCUT2D eigenvalue weighted by Gasteiger charge is -2.04. The van der Waals surface area contributed by atoms with Crippen molar-refractivity contribution in [1.29, 1.82) is 0 Å². The maximum Gasteiger partial charge on any atom is 0.490 e. The summed E-state index contributed by atoms with van der Waals surface area (Å²) in [5.74, 6) is -2.14. The van der Waals surface area contributed by atoms with Crippen LogP contribution < -0.4 is 5.32 Å². The fourth-order valence-electron chi connectivity index (χ4n) is 3.70. The lowest BCUT2D eigenvalue weighted by molar-refractivity contribution is -0.192. The number of fused-ring (bicyclic) bond motifs is 1. The number of benzene rings is 2. The molecule has 0 unspecified atom stereocenters. The first-order chi connectivity index (χ1) is 16.6. The van der Waals surface area contributed by atoms with Crippen molar-refractivity contribution in [3.8, 4) is 11.3 Å². The van der Waals surface area contributed by atoms with Crippen LogP contribution in [0.5, 0.6) is 0 Å². The third-order valence-corrected chi connectivity index (χ3v) is 5.66. The summed E-state index contributed by atoms with van der Waals surface area (Å²) in [5.41, 5.74) is 3.79. The van der Waals surface area contributed by atoms with Crippen LogP contribution in [-0.4, -0.2) is 38.6 Å². The van der Waals surface area contributed by atoms with E-state index in [1.165, 1.54) is 5.56 Å². The number of alkyl halides is 3. The number of carboxylic acid groups (broad SMARTS) is 1. The highest BCUT2D eigenvalue weighted by Crippen LogP contribution is 2.40. The van der Waals surface area contributed by atoms with E-state index in [0.717, 1.165) is 23.2 Å². The van der Waals surface area contributed by atoms with Crippen LogP contribution in [0, 0.1) is 0 Å². The van der Waals surface area contributed by atoms with Crippen LogP contribution >= 0.6 is 11.6 Å². The Bertz CT molecular complexity index is 1370. The quantitative estimate of drug-likeness (QED) is 0.383. The number of hydrogen-bond acceptors (Lipinski definition) is 3. The van der Waals surface area contributed by atoms with Gasteiger partial charge in [0.1, 0.15) is 0 Å². The summed E-state index contributed by atoms with van der Waals surface area (Å²) in [4.78, 5) is 26.5. The third kappa shape index (κ3) is 5.63.